The first-order valence-corrected chi connectivity index (χ1v) is 7.25. The van der Waals surface area contributed by atoms with E-state index in [0.29, 0.717) is 24.1 Å². The highest BCUT2D eigenvalue weighted by atomic mass is 16.3. The molecule has 0 bridgehead atoms. The Morgan fingerprint density at radius 1 is 1.14 bits per heavy atom. The molecule has 1 rings (SSSR count). The molecule has 0 aromatic heterocycles. The second kappa shape index (κ2) is 9.98. The van der Waals surface area contributed by atoms with Crippen molar-refractivity contribution in [2.24, 2.45) is 0 Å². The molecular weight excluding hydrogens is 266 g/mol. The Labute approximate surface area is 126 Å². The summed E-state index contributed by atoms with van der Waals surface area (Å²) >= 11 is 0. The van der Waals surface area contributed by atoms with Gasteiger partial charge in [0.1, 0.15) is 0 Å². The summed E-state index contributed by atoms with van der Waals surface area (Å²) < 4.78 is 0. The lowest BCUT2D eigenvalue weighted by Crippen LogP contribution is -2.28. The van der Waals surface area contributed by atoms with E-state index < -0.39 is 0 Å². The first kappa shape index (κ1) is 17.2. The second-order valence-electron chi connectivity index (χ2n) is 4.83. The number of hydrogen-bond acceptors (Lipinski definition) is 3. The SMILES string of the molecule is CN(CCCCCO)C(=O)c1ccccc1C#CCCO. The third kappa shape index (κ3) is 5.99. The van der Waals surface area contributed by atoms with Gasteiger partial charge in [-0.3, -0.25) is 4.79 Å². The van der Waals surface area contributed by atoms with Crippen molar-refractivity contribution in [1.82, 2.24) is 4.90 Å². The van der Waals surface area contributed by atoms with E-state index in [1.807, 2.05) is 18.2 Å². The van der Waals surface area contributed by atoms with Crippen LogP contribution in [0.15, 0.2) is 24.3 Å². The van der Waals surface area contributed by atoms with Gasteiger partial charge in [0.15, 0.2) is 0 Å². The molecule has 0 fully saturated rings. The third-order valence-electron chi connectivity index (χ3n) is 3.12. The molecule has 114 valence electrons. The molecule has 0 radical (unpaired) electrons. The summed E-state index contributed by atoms with van der Waals surface area (Å²) in [5.74, 6) is 5.73. The van der Waals surface area contributed by atoms with Crippen LogP contribution in [0.25, 0.3) is 0 Å². The average molecular weight is 289 g/mol. The van der Waals surface area contributed by atoms with Crippen LogP contribution in [0.1, 0.15) is 41.6 Å². The molecule has 4 nitrogen and oxygen atoms in total. The highest BCUT2D eigenvalue weighted by Crippen LogP contribution is 2.11. The zero-order chi connectivity index (χ0) is 15.5. The fourth-order valence-corrected chi connectivity index (χ4v) is 1.94. The minimum absolute atomic E-state index is 0.0217. The van der Waals surface area contributed by atoms with Gasteiger partial charge in [0, 0.05) is 32.2 Å². The second-order valence-corrected chi connectivity index (χ2v) is 4.83. The Morgan fingerprint density at radius 3 is 2.62 bits per heavy atom. The molecule has 4 heteroatoms. The van der Waals surface area contributed by atoms with E-state index in [9.17, 15) is 4.79 Å². The quantitative estimate of drug-likeness (QED) is 0.593. The van der Waals surface area contributed by atoms with Crippen molar-refractivity contribution < 1.29 is 15.0 Å². The number of rotatable bonds is 7. The number of amides is 1. The zero-order valence-electron chi connectivity index (χ0n) is 12.5. The molecule has 0 saturated heterocycles. The van der Waals surface area contributed by atoms with Crippen molar-refractivity contribution in [3.63, 3.8) is 0 Å². The van der Waals surface area contributed by atoms with E-state index in [0.717, 1.165) is 19.3 Å². The van der Waals surface area contributed by atoms with E-state index in [-0.39, 0.29) is 19.1 Å². The zero-order valence-corrected chi connectivity index (χ0v) is 12.5. The van der Waals surface area contributed by atoms with E-state index in [2.05, 4.69) is 11.8 Å². The Hall–Kier alpha value is -1.83. The molecule has 0 aliphatic carbocycles. The predicted octanol–water partition coefficient (Wildman–Crippen LogP) is 1.66. The maximum atomic E-state index is 12.4. The Balaban J connectivity index is 2.71. The molecule has 0 aliphatic heterocycles. The minimum Gasteiger partial charge on any atom is -0.396 e. The molecule has 0 heterocycles. The number of hydrogen-bond donors (Lipinski definition) is 2. The summed E-state index contributed by atoms with van der Waals surface area (Å²) in [4.78, 5) is 14.1. The smallest absolute Gasteiger partial charge is 0.254 e. The van der Waals surface area contributed by atoms with E-state index >= 15 is 0 Å². The van der Waals surface area contributed by atoms with E-state index in [1.54, 1.807) is 18.0 Å². The Kier molecular flexibility index (Phi) is 8.18. The monoisotopic (exact) mass is 289 g/mol. The summed E-state index contributed by atoms with van der Waals surface area (Å²) in [6.07, 6.45) is 2.96. The molecule has 0 spiro atoms. The van der Waals surface area contributed by atoms with Crippen molar-refractivity contribution in [2.75, 3.05) is 26.8 Å². The topological polar surface area (TPSA) is 60.8 Å². The van der Waals surface area contributed by atoms with Crippen molar-refractivity contribution >= 4 is 5.91 Å². The molecule has 2 N–H and O–H groups in total. The van der Waals surface area contributed by atoms with E-state index in [4.69, 9.17) is 10.2 Å². The lowest BCUT2D eigenvalue weighted by Gasteiger charge is -2.17. The fourth-order valence-electron chi connectivity index (χ4n) is 1.94. The first-order valence-electron chi connectivity index (χ1n) is 7.25. The van der Waals surface area contributed by atoms with Gasteiger partial charge >= 0.3 is 0 Å². The van der Waals surface area contributed by atoms with Crippen LogP contribution in [0.4, 0.5) is 0 Å². The van der Waals surface area contributed by atoms with Crippen LogP contribution in [0.5, 0.6) is 0 Å². The summed E-state index contributed by atoms with van der Waals surface area (Å²) in [5.41, 5.74) is 1.28. The number of unbranched alkanes of at least 4 members (excludes halogenated alkanes) is 2. The van der Waals surface area contributed by atoms with Crippen molar-refractivity contribution in [2.45, 2.75) is 25.7 Å². The molecule has 1 aromatic carbocycles. The van der Waals surface area contributed by atoms with Crippen molar-refractivity contribution in [1.29, 1.82) is 0 Å². The van der Waals surface area contributed by atoms with Gasteiger partial charge in [0.2, 0.25) is 0 Å². The molecule has 1 aromatic rings. The van der Waals surface area contributed by atoms with Crippen molar-refractivity contribution in [3.8, 4) is 11.8 Å². The van der Waals surface area contributed by atoms with Crippen molar-refractivity contribution in [3.05, 3.63) is 35.4 Å². The fraction of sp³-hybridized carbons (Fsp3) is 0.471. The standard InChI is InChI=1S/C17H23NO3/c1-18(12-6-2-7-13-19)17(21)16-11-4-3-9-15(16)10-5-8-14-20/h3-4,9,11,19-20H,2,6-8,12-14H2,1H3. The van der Waals surface area contributed by atoms with Gasteiger partial charge in [-0.25, -0.2) is 0 Å². The largest absolute Gasteiger partial charge is 0.396 e. The van der Waals surface area contributed by atoms with Crippen LogP contribution in [0, 0.1) is 11.8 Å². The molecule has 21 heavy (non-hydrogen) atoms. The Morgan fingerprint density at radius 2 is 1.90 bits per heavy atom. The number of aliphatic hydroxyl groups excluding tert-OH is 2. The molecular formula is C17H23NO3. The highest BCUT2D eigenvalue weighted by molar-refractivity contribution is 5.96. The third-order valence-corrected chi connectivity index (χ3v) is 3.12. The average Bonchev–Trinajstić information content (AvgIpc) is 2.51. The number of nitrogens with zero attached hydrogens (tertiary/aromatic N) is 1. The Bertz CT molecular complexity index is 502. The molecule has 0 aliphatic rings. The number of benzene rings is 1. The van der Waals surface area contributed by atoms with Crippen LogP contribution in [-0.4, -0.2) is 47.8 Å². The van der Waals surface area contributed by atoms with Crippen LogP contribution in [0.3, 0.4) is 0 Å². The van der Waals surface area contributed by atoms with Gasteiger partial charge in [0.25, 0.3) is 5.91 Å². The summed E-state index contributed by atoms with van der Waals surface area (Å²) in [5, 5.41) is 17.5. The van der Waals surface area contributed by atoms with E-state index in [1.165, 1.54) is 0 Å². The highest BCUT2D eigenvalue weighted by Gasteiger charge is 2.14. The van der Waals surface area contributed by atoms with Gasteiger partial charge < -0.3 is 15.1 Å². The molecule has 0 unspecified atom stereocenters. The maximum Gasteiger partial charge on any atom is 0.254 e. The van der Waals surface area contributed by atoms with Crippen LogP contribution < -0.4 is 0 Å². The normalized spacial score (nSPS) is 9.86. The predicted molar refractivity (Wildman–Crippen MR) is 82.9 cm³/mol. The molecule has 1 amide bonds. The maximum absolute atomic E-state index is 12.4. The number of carbonyl (C=O) groups is 1. The van der Waals surface area contributed by atoms with Gasteiger partial charge in [-0.2, -0.15) is 0 Å². The van der Waals surface area contributed by atoms with Gasteiger partial charge in [-0.05, 0) is 31.4 Å². The number of aliphatic hydroxyl groups is 2. The molecule has 0 atom stereocenters. The van der Waals surface area contributed by atoms with Gasteiger partial charge in [-0.1, -0.05) is 24.0 Å². The lowest BCUT2D eigenvalue weighted by atomic mass is 10.1. The van der Waals surface area contributed by atoms with Crippen LogP contribution >= 0.6 is 0 Å². The first-order chi connectivity index (χ1) is 10.2. The molecule has 0 saturated carbocycles. The number of carbonyl (C=O) groups excluding carboxylic acids is 1. The summed E-state index contributed by atoms with van der Waals surface area (Å²) in [6, 6.07) is 7.26. The van der Waals surface area contributed by atoms with Crippen LogP contribution in [0.2, 0.25) is 0 Å². The van der Waals surface area contributed by atoms with Gasteiger partial charge in [0.05, 0.1) is 12.2 Å². The summed E-state index contributed by atoms with van der Waals surface area (Å²) in [7, 11) is 1.78. The summed E-state index contributed by atoms with van der Waals surface area (Å²) in [6.45, 7) is 0.881. The minimum atomic E-state index is -0.0482. The van der Waals surface area contributed by atoms with Crippen LogP contribution in [-0.2, 0) is 0 Å². The lowest BCUT2D eigenvalue weighted by molar-refractivity contribution is 0.0792. The van der Waals surface area contributed by atoms with Gasteiger partial charge in [-0.15, -0.1) is 0 Å².